The molecule has 0 bridgehead atoms. The molecule has 0 aliphatic heterocycles. The second-order valence-corrected chi connectivity index (χ2v) is 3.46. The highest BCUT2D eigenvalue weighted by Crippen LogP contribution is 2.27. The molecular formula is C7H4INOS. The van der Waals surface area contributed by atoms with Gasteiger partial charge in [-0.3, -0.25) is 0 Å². The van der Waals surface area contributed by atoms with Crippen molar-refractivity contribution < 1.29 is 3.07 Å². The van der Waals surface area contributed by atoms with Crippen LogP contribution in [0.2, 0.25) is 0 Å². The molecule has 0 spiro atoms. The summed E-state index contributed by atoms with van der Waals surface area (Å²) in [6, 6.07) is 7.98. The number of hydrogen-bond acceptors (Lipinski definition) is 3. The number of thiazole rings is 1. The molecular weight excluding hydrogens is 273 g/mol. The lowest BCUT2D eigenvalue weighted by atomic mass is 10.3. The maximum absolute atomic E-state index is 4.98. The SMILES string of the molecule is IOc1nc2ccccc2s1. The summed E-state index contributed by atoms with van der Waals surface area (Å²) < 4.78 is 6.14. The lowest BCUT2D eigenvalue weighted by molar-refractivity contribution is 0.710. The first-order valence-corrected chi connectivity index (χ1v) is 4.74. The van der Waals surface area contributed by atoms with Gasteiger partial charge in [-0.05, 0) is 12.1 Å². The molecule has 1 aromatic heterocycles. The molecule has 1 heterocycles. The molecule has 11 heavy (non-hydrogen) atoms. The van der Waals surface area contributed by atoms with Gasteiger partial charge in [-0.1, -0.05) is 23.5 Å². The summed E-state index contributed by atoms with van der Waals surface area (Å²) in [6.45, 7) is 0. The number of halogens is 1. The Bertz CT molecular complexity index is 340. The summed E-state index contributed by atoms with van der Waals surface area (Å²) >= 11 is 3.39. The molecule has 0 aliphatic rings. The number of para-hydroxylation sites is 1. The van der Waals surface area contributed by atoms with Gasteiger partial charge in [0.2, 0.25) is 0 Å². The molecule has 0 atom stereocenters. The van der Waals surface area contributed by atoms with Crippen LogP contribution in [0.4, 0.5) is 0 Å². The van der Waals surface area contributed by atoms with Gasteiger partial charge in [0.25, 0.3) is 5.19 Å². The van der Waals surface area contributed by atoms with Crippen molar-refractivity contribution in [3.05, 3.63) is 24.3 Å². The zero-order chi connectivity index (χ0) is 7.68. The highest BCUT2D eigenvalue weighted by molar-refractivity contribution is 14.1. The molecule has 0 amide bonds. The lowest BCUT2D eigenvalue weighted by Crippen LogP contribution is -1.68. The Morgan fingerprint density at radius 2 is 2.18 bits per heavy atom. The second kappa shape index (κ2) is 2.94. The normalized spacial score (nSPS) is 10.3. The van der Waals surface area contributed by atoms with E-state index in [1.807, 2.05) is 47.3 Å². The summed E-state index contributed by atoms with van der Waals surface area (Å²) in [6.07, 6.45) is 0. The highest BCUT2D eigenvalue weighted by atomic mass is 127. The molecule has 56 valence electrons. The average molecular weight is 277 g/mol. The minimum atomic E-state index is 0.715. The van der Waals surface area contributed by atoms with Crippen molar-refractivity contribution in [3.8, 4) is 5.19 Å². The highest BCUT2D eigenvalue weighted by Gasteiger charge is 2.01. The van der Waals surface area contributed by atoms with Crippen molar-refractivity contribution in [2.45, 2.75) is 0 Å². The van der Waals surface area contributed by atoms with Crippen molar-refractivity contribution in [2.24, 2.45) is 0 Å². The zero-order valence-corrected chi connectivity index (χ0v) is 8.43. The van der Waals surface area contributed by atoms with Crippen molar-refractivity contribution in [2.75, 3.05) is 0 Å². The van der Waals surface area contributed by atoms with E-state index >= 15 is 0 Å². The van der Waals surface area contributed by atoms with E-state index in [-0.39, 0.29) is 0 Å². The van der Waals surface area contributed by atoms with E-state index in [9.17, 15) is 0 Å². The monoisotopic (exact) mass is 277 g/mol. The summed E-state index contributed by atoms with van der Waals surface area (Å²) in [5.74, 6) is 0. The number of hydrogen-bond donors (Lipinski definition) is 0. The predicted molar refractivity (Wildman–Crippen MR) is 54.3 cm³/mol. The summed E-state index contributed by atoms with van der Waals surface area (Å²) in [7, 11) is 0. The van der Waals surface area contributed by atoms with E-state index < -0.39 is 0 Å². The van der Waals surface area contributed by atoms with Crippen LogP contribution in [-0.2, 0) is 0 Å². The van der Waals surface area contributed by atoms with E-state index in [1.165, 1.54) is 4.70 Å². The Morgan fingerprint density at radius 3 is 2.91 bits per heavy atom. The molecule has 2 nitrogen and oxygen atoms in total. The first-order valence-electron chi connectivity index (χ1n) is 3.04. The molecule has 0 saturated carbocycles. The van der Waals surface area contributed by atoms with Crippen molar-refractivity contribution in [3.63, 3.8) is 0 Å². The molecule has 2 rings (SSSR count). The van der Waals surface area contributed by atoms with Crippen LogP contribution in [0.1, 0.15) is 0 Å². The maximum Gasteiger partial charge on any atom is 0.284 e. The Kier molecular flexibility index (Phi) is 1.95. The topological polar surface area (TPSA) is 22.1 Å². The number of aromatic nitrogens is 1. The molecule has 0 fully saturated rings. The van der Waals surface area contributed by atoms with Gasteiger partial charge >= 0.3 is 0 Å². The van der Waals surface area contributed by atoms with Gasteiger partial charge in [-0.15, -0.1) is 0 Å². The van der Waals surface area contributed by atoms with Crippen LogP contribution in [0.5, 0.6) is 5.19 Å². The molecule has 2 aromatic rings. The number of benzene rings is 1. The minimum Gasteiger partial charge on any atom is -0.399 e. The largest absolute Gasteiger partial charge is 0.399 e. The van der Waals surface area contributed by atoms with Crippen molar-refractivity contribution >= 4 is 44.6 Å². The smallest absolute Gasteiger partial charge is 0.284 e. The van der Waals surface area contributed by atoms with Crippen LogP contribution in [0.15, 0.2) is 24.3 Å². The molecule has 0 radical (unpaired) electrons. The Balaban J connectivity index is 2.69. The minimum absolute atomic E-state index is 0.715. The van der Waals surface area contributed by atoms with Crippen LogP contribution >= 0.6 is 34.3 Å². The van der Waals surface area contributed by atoms with Crippen LogP contribution in [0, 0.1) is 0 Å². The zero-order valence-electron chi connectivity index (χ0n) is 5.45. The predicted octanol–water partition coefficient (Wildman–Crippen LogP) is 3.03. The number of rotatable bonds is 1. The molecule has 0 N–H and O–H groups in total. The Morgan fingerprint density at radius 1 is 1.36 bits per heavy atom. The molecule has 1 aromatic carbocycles. The van der Waals surface area contributed by atoms with Gasteiger partial charge < -0.3 is 3.07 Å². The third-order valence-electron chi connectivity index (χ3n) is 1.34. The van der Waals surface area contributed by atoms with E-state index in [0.29, 0.717) is 5.19 Å². The Labute approximate surface area is 81.9 Å². The third-order valence-corrected chi connectivity index (χ3v) is 2.97. The van der Waals surface area contributed by atoms with Crippen LogP contribution in [0.3, 0.4) is 0 Å². The summed E-state index contributed by atoms with van der Waals surface area (Å²) in [5.41, 5.74) is 1.00. The third kappa shape index (κ3) is 1.32. The van der Waals surface area contributed by atoms with E-state index in [0.717, 1.165) is 5.52 Å². The lowest BCUT2D eigenvalue weighted by Gasteiger charge is -1.81. The van der Waals surface area contributed by atoms with Crippen LogP contribution < -0.4 is 3.07 Å². The fraction of sp³-hybridized carbons (Fsp3) is 0. The summed E-state index contributed by atoms with van der Waals surface area (Å²) in [4.78, 5) is 4.22. The van der Waals surface area contributed by atoms with Gasteiger partial charge in [-0.25, -0.2) is 4.98 Å². The maximum atomic E-state index is 4.98. The standard InChI is InChI=1S/C7H4INOS/c8-10-7-9-5-3-1-2-4-6(5)11-7/h1-4H. The van der Waals surface area contributed by atoms with Crippen molar-refractivity contribution in [1.82, 2.24) is 4.98 Å². The number of nitrogens with zero attached hydrogens (tertiary/aromatic N) is 1. The number of fused-ring (bicyclic) bond motifs is 1. The van der Waals surface area contributed by atoms with Crippen molar-refractivity contribution in [1.29, 1.82) is 0 Å². The van der Waals surface area contributed by atoms with Crippen LogP contribution in [-0.4, -0.2) is 4.98 Å². The first-order chi connectivity index (χ1) is 5.40. The molecule has 4 heteroatoms. The molecule has 0 unspecified atom stereocenters. The summed E-state index contributed by atoms with van der Waals surface area (Å²) in [5, 5.41) is 0.715. The van der Waals surface area contributed by atoms with Gasteiger partial charge in [0, 0.05) is 0 Å². The molecule has 0 saturated heterocycles. The van der Waals surface area contributed by atoms with Gasteiger partial charge in [0.1, 0.15) is 0 Å². The van der Waals surface area contributed by atoms with Gasteiger partial charge in [0.15, 0.2) is 23.0 Å². The molecule has 0 aliphatic carbocycles. The van der Waals surface area contributed by atoms with Gasteiger partial charge in [0.05, 0.1) is 10.2 Å². The van der Waals surface area contributed by atoms with Gasteiger partial charge in [-0.2, -0.15) is 0 Å². The fourth-order valence-corrected chi connectivity index (χ4v) is 1.98. The second-order valence-electron chi connectivity index (χ2n) is 2.02. The van der Waals surface area contributed by atoms with Crippen LogP contribution in [0.25, 0.3) is 10.2 Å². The Hall–Kier alpha value is -0.360. The van der Waals surface area contributed by atoms with E-state index in [4.69, 9.17) is 3.07 Å². The van der Waals surface area contributed by atoms with E-state index in [2.05, 4.69) is 4.98 Å². The van der Waals surface area contributed by atoms with E-state index in [1.54, 1.807) is 11.3 Å². The fourth-order valence-electron chi connectivity index (χ4n) is 0.884. The average Bonchev–Trinajstić information content (AvgIpc) is 2.46. The first kappa shape index (κ1) is 7.30. The quantitative estimate of drug-likeness (QED) is 0.747.